The van der Waals surface area contributed by atoms with Crippen molar-refractivity contribution in [3.05, 3.63) is 88.2 Å². The number of phenols is 2. The monoisotopic (exact) mass is 398 g/mol. The predicted octanol–water partition coefficient (Wildman–Crippen LogP) is 4.53. The van der Waals surface area contributed by atoms with Gasteiger partial charge in [-0.15, -0.1) is 0 Å². The first kappa shape index (κ1) is 17.9. The number of aromatic nitrogens is 1. The van der Waals surface area contributed by atoms with Gasteiger partial charge < -0.3 is 25.3 Å². The van der Waals surface area contributed by atoms with Crippen LogP contribution in [0.3, 0.4) is 0 Å². The average molecular weight is 398 g/mol. The number of fused-ring (bicyclic) bond motifs is 2. The first-order valence-corrected chi connectivity index (χ1v) is 9.44. The van der Waals surface area contributed by atoms with Crippen molar-refractivity contribution in [3.63, 3.8) is 0 Å². The van der Waals surface area contributed by atoms with E-state index in [9.17, 15) is 15.0 Å². The quantitative estimate of drug-likeness (QED) is 0.334. The van der Waals surface area contributed by atoms with E-state index in [0.717, 1.165) is 16.8 Å². The van der Waals surface area contributed by atoms with Crippen molar-refractivity contribution in [2.75, 3.05) is 5.73 Å². The summed E-state index contributed by atoms with van der Waals surface area (Å²) in [5, 5.41) is 20.1. The number of hydrogen-bond donors (Lipinski definition) is 4. The molecule has 0 aliphatic carbocycles. The number of benzene rings is 3. The molecule has 0 spiro atoms. The number of rotatable bonds is 3. The highest BCUT2D eigenvalue weighted by Gasteiger charge is 2.20. The van der Waals surface area contributed by atoms with E-state index in [1.54, 1.807) is 54.6 Å². The molecule has 6 heteroatoms. The third-order valence-electron chi connectivity index (χ3n) is 5.19. The molecule has 2 aromatic heterocycles. The first-order chi connectivity index (χ1) is 14.5. The molecule has 6 nitrogen and oxygen atoms in total. The Morgan fingerprint density at radius 3 is 2.27 bits per heavy atom. The van der Waals surface area contributed by atoms with E-state index < -0.39 is 0 Å². The molecule has 0 atom stereocenters. The molecule has 5 aromatic rings. The highest BCUT2D eigenvalue weighted by atomic mass is 16.3. The molecule has 5 N–H and O–H groups in total. The number of nitrogens with one attached hydrogen (secondary N) is 1. The molecule has 148 valence electrons. The maximum absolute atomic E-state index is 13.4. The minimum Gasteiger partial charge on any atom is -0.508 e. The van der Waals surface area contributed by atoms with Crippen molar-refractivity contribution in [2.45, 2.75) is 6.42 Å². The topological polar surface area (TPSA) is 112 Å². The molecule has 0 aliphatic rings. The molecule has 0 bridgehead atoms. The largest absolute Gasteiger partial charge is 0.508 e. The van der Waals surface area contributed by atoms with Crippen LogP contribution >= 0.6 is 0 Å². The van der Waals surface area contributed by atoms with Gasteiger partial charge >= 0.3 is 0 Å². The van der Waals surface area contributed by atoms with E-state index in [2.05, 4.69) is 4.98 Å². The number of nitrogen functional groups attached to an aromatic ring is 1. The lowest BCUT2D eigenvalue weighted by atomic mass is 10.1. The molecule has 0 amide bonds. The zero-order valence-electron chi connectivity index (χ0n) is 15.8. The summed E-state index contributed by atoms with van der Waals surface area (Å²) < 4.78 is 6.15. The Bertz CT molecular complexity index is 1450. The highest BCUT2D eigenvalue weighted by Crippen LogP contribution is 2.33. The van der Waals surface area contributed by atoms with Gasteiger partial charge in [-0.05, 0) is 59.7 Å². The zero-order valence-corrected chi connectivity index (χ0v) is 15.8. The van der Waals surface area contributed by atoms with Gasteiger partial charge in [0.15, 0.2) is 5.58 Å². The van der Waals surface area contributed by atoms with Gasteiger partial charge in [-0.2, -0.15) is 0 Å². The summed E-state index contributed by atoms with van der Waals surface area (Å²) in [6, 6.07) is 18.5. The molecule has 0 saturated heterocycles. The molecule has 0 aliphatic heterocycles. The molecular formula is C24H18N2O4. The van der Waals surface area contributed by atoms with E-state index in [0.29, 0.717) is 39.7 Å². The lowest BCUT2D eigenvalue weighted by molar-refractivity contribution is 0.474. The molecule has 3 aromatic carbocycles. The van der Waals surface area contributed by atoms with Crippen LogP contribution in [0.25, 0.3) is 33.2 Å². The minimum atomic E-state index is -0.150. The third kappa shape index (κ3) is 2.95. The summed E-state index contributed by atoms with van der Waals surface area (Å²) >= 11 is 0. The maximum atomic E-state index is 13.4. The highest BCUT2D eigenvalue weighted by molar-refractivity contribution is 6.00. The summed E-state index contributed by atoms with van der Waals surface area (Å²) in [5.41, 5.74) is 10.2. The van der Waals surface area contributed by atoms with Crippen molar-refractivity contribution in [3.8, 4) is 22.8 Å². The number of nitrogens with two attached hydrogens (primary N) is 1. The van der Waals surface area contributed by atoms with Crippen LogP contribution in [0.15, 0.2) is 75.9 Å². The van der Waals surface area contributed by atoms with Gasteiger partial charge in [-0.1, -0.05) is 12.1 Å². The molecular weight excluding hydrogens is 380 g/mol. The van der Waals surface area contributed by atoms with E-state index in [4.69, 9.17) is 10.2 Å². The van der Waals surface area contributed by atoms with Gasteiger partial charge in [0.1, 0.15) is 17.1 Å². The second-order valence-corrected chi connectivity index (χ2v) is 7.26. The fraction of sp³-hybridized carbons (Fsp3) is 0.0417. The van der Waals surface area contributed by atoms with Crippen LogP contribution < -0.4 is 11.2 Å². The van der Waals surface area contributed by atoms with Crippen molar-refractivity contribution in [1.82, 2.24) is 4.98 Å². The van der Waals surface area contributed by atoms with E-state index in [1.807, 2.05) is 12.1 Å². The van der Waals surface area contributed by atoms with Gasteiger partial charge in [0.25, 0.3) is 0 Å². The van der Waals surface area contributed by atoms with Gasteiger partial charge in [-0.3, -0.25) is 4.79 Å². The maximum Gasteiger partial charge on any atom is 0.202 e. The number of hydrogen-bond acceptors (Lipinski definition) is 5. The van der Waals surface area contributed by atoms with Gasteiger partial charge in [-0.25, -0.2) is 0 Å². The molecule has 0 saturated carbocycles. The predicted molar refractivity (Wildman–Crippen MR) is 117 cm³/mol. The van der Waals surface area contributed by atoms with Crippen molar-refractivity contribution >= 4 is 27.6 Å². The lowest BCUT2D eigenvalue weighted by Gasteiger charge is -2.03. The Morgan fingerprint density at radius 2 is 1.57 bits per heavy atom. The van der Waals surface area contributed by atoms with Crippen molar-refractivity contribution in [2.24, 2.45) is 0 Å². The smallest absolute Gasteiger partial charge is 0.202 e. The Kier molecular flexibility index (Phi) is 3.99. The molecule has 5 rings (SSSR count). The van der Waals surface area contributed by atoms with Gasteiger partial charge in [0.2, 0.25) is 5.43 Å². The summed E-state index contributed by atoms with van der Waals surface area (Å²) in [5.74, 6) is 0.333. The first-order valence-electron chi connectivity index (χ1n) is 9.44. The second kappa shape index (κ2) is 6.70. The average Bonchev–Trinajstić information content (AvgIpc) is 3.08. The molecule has 30 heavy (non-hydrogen) atoms. The van der Waals surface area contributed by atoms with Crippen molar-refractivity contribution in [1.29, 1.82) is 0 Å². The standard InChI is InChI=1S/C24H18N2O4/c25-15-5-10-18-20(12-15)30-24-19(11-13-1-6-16(27)7-2-13)26-22(21(24)23(18)29)14-3-8-17(28)9-4-14/h1-10,12,26-28H,11,25H2. The fourth-order valence-corrected chi connectivity index (χ4v) is 3.71. The Morgan fingerprint density at radius 1 is 0.900 bits per heavy atom. The zero-order chi connectivity index (χ0) is 20.8. The summed E-state index contributed by atoms with van der Waals surface area (Å²) in [4.78, 5) is 16.7. The van der Waals surface area contributed by atoms with Crippen LogP contribution in [-0.4, -0.2) is 15.2 Å². The number of anilines is 1. The Labute approximate surface area is 170 Å². The fourth-order valence-electron chi connectivity index (χ4n) is 3.71. The summed E-state index contributed by atoms with van der Waals surface area (Å²) in [6.07, 6.45) is 0.478. The van der Waals surface area contributed by atoms with Gasteiger partial charge in [0, 0.05) is 18.2 Å². The van der Waals surface area contributed by atoms with Crippen LogP contribution in [0.1, 0.15) is 11.3 Å². The van der Waals surface area contributed by atoms with E-state index >= 15 is 0 Å². The molecule has 0 fully saturated rings. The van der Waals surface area contributed by atoms with Crippen LogP contribution in [0.2, 0.25) is 0 Å². The normalized spacial score (nSPS) is 11.3. The van der Waals surface area contributed by atoms with Crippen LogP contribution in [0.5, 0.6) is 11.5 Å². The Hall–Kier alpha value is -4.19. The third-order valence-corrected chi connectivity index (χ3v) is 5.19. The van der Waals surface area contributed by atoms with Crippen molar-refractivity contribution < 1.29 is 14.6 Å². The van der Waals surface area contributed by atoms with E-state index in [1.165, 1.54) is 0 Å². The lowest BCUT2D eigenvalue weighted by Crippen LogP contribution is -2.02. The van der Waals surface area contributed by atoms with Crippen LogP contribution in [-0.2, 0) is 6.42 Å². The summed E-state index contributed by atoms with van der Waals surface area (Å²) in [6.45, 7) is 0. The SMILES string of the molecule is Nc1ccc2c(=O)c3c(-c4ccc(O)cc4)[nH]c(Cc4ccc(O)cc4)c3oc2c1. The summed E-state index contributed by atoms with van der Waals surface area (Å²) in [7, 11) is 0. The van der Waals surface area contributed by atoms with Crippen LogP contribution in [0.4, 0.5) is 5.69 Å². The number of aromatic hydroxyl groups is 2. The Balaban J connectivity index is 1.80. The van der Waals surface area contributed by atoms with E-state index in [-0.39, 0.29) is 16.9 Å². The number of phenolic OH excluding ortho intramolecular Hbond substituents is 2. The van der Waals surface area contributed by atoms with Gasteiger partial charge in [0.05, 0.1) is 22.2 Å². The number of aromatic amines is 1. The molecule has 2 heterocycles. The molecule has 0 unspecified atom stereocenters. The molecule has 0 radical (unpaired) electrons. The minimum absolute atomic E-state index is 0.145. The second-order valence-electron chi connectivity index (χ2n) is 7.26. The number of H-pyrrole nitrogens is 1. The van der Waals surface area contributed by atoms with Crippen LogP contribution in [0, 0.1) is 0 Å².